The standard InChI is InChI=1S/C27H20Cl2N2O6S/c1-36-24(32)14-30-22(25(33)31(27(30)38)20-9-7-19(28)8-10-20)13-17-4-11-23(21(29)12-17)37-15-16-2-5-18(6-3-16)26(34)35/h2-13H,14-15H2,1H3,(H,34,35)/b22-13-. The van der Waals surface area contributed by atoms with Gasteiger partial charge in [0.05, 0.1) is 23.4 Å². The predicted molar refractivity (Wildman–Crippen MR) is 147 cm³/mol. The average molecular weight is 571 g/mol. The summed E-state index contributed by atoms with van der Waals surface area (Å²) in [6, 6.07) is 17.9. The topological polar surface area (TPSA) is 96.4 Å². The van der Waals surface area contributed by atoms with Crippen molar-refractivity contribution >= 4 is 70.1 Å². The monoisotopic (exact) mass is 570 g/mol. The number of benzene rings is 3. The third-order valence-corrected chi connectivity index (χ3v) is 6.54. The molecular weight excluding hydrogens is 551 g/mol. The number of hydrogen-bond acceptors (Lipinski definition) is 6. The molecule has 0 atom stereocenters. The summed E-state index contributed by atoms with van der Waals surface area (Å²) in [7, 11) is 1.25. The molecule has 194 valence electrons. The van der Waals surface area contributed by atoms with Crippen LogP contribution in [0.1, 0.15) is 21.5 Å². The lowest BCUT2D eigenvalue weighted by Gasteiger charge is -2.19. The minimum Gasteiger partial charge on any atom is -0.487 e. The molecule has 3 aromatic carbocycles. The lowest BCUT2D eigenvalue weighted by atomic mass is 10.1. The first kappa shape index (κ1) is 27.1. The summed E-state index contributed by atoms with van der Waals surface area (Å²) in [5.41, 5.74) is 2.19. The molecule has 1 aliphatic heterocycles. The van der Waals surface area contributed by atoms with Crippen LogP contribution < -0.4 is 9.64 Å². The van der Waals surface area contributed by atoms with Crippen LogP contribution in [0, 0.1) is 0 Å². The maximum atomic E-state index is 13.4. The molecule has 0 aliphatic carbocycles. The van der Waals surface area contributed by atoms with Gasteiger partial charge in [0.2, 0.25) is 0 Å². The number of ether oxygens (including phenoxy) is 2. The van der Waals surface area contributed by atoms with E-state index in [2.05, 4.69) is 0 Å². The van der Waals surface area contributed by atoms with E-state index in [1.807, 2.05) is 0 Å². The minimum atomic E-state index is -1.01. The van der Waals surface area contributed by atoms with Gasteiger partial charge in [0.15, 0.2) is 5.11 Å². The van der Waals surface area contributed by atoms with Crippen LogP contribution in [-0.4, -0.2) is 46.6 Å². The van der Waals surface area contributed by atoms with Crippen LogP contribution in [0.5, 0.6) is 5.75 Å². The van der Waals surface area contributed by atoms with E-state index >= 15 is 0 Å². The van der Waals surface area contributed by atoms with Crippen molar-refractivity contribution in [3.63, 3.8) is 0 Å². The fourth-order valence-electron chi connectivity index (χ4n) is 3.63. The molecule has 1 aliphatic rings. The molecule has 1 fully saturated rings. The van der Waals surface area contributed by atoms with Gasteiger partial charge in [-0.15, -0.1) is 0 Å². The fourth-order valence-corrected chi connectivity index (χ4v) is 4.35. The molecule has 1 N–H and O–H groups in total. The summed E-state index contributed by atoms with van der Waals surface area (Å²) in [5.74, 6) is -1.60. The van der Waals surface area contributed by atoms with Crippen molar-refractivity contribution in [1.29, 1.82) is 0 Å². The molecule has 11 heteroatoms. The smallest absolute Gasteiger partial charge is 0.335 e. The molecule has 0 spiro atoms. The lowest BCUT2D eigenvalue weighted by Crippen LogP contribution is -2.35. The molecule has 1 amide bonds. The first-order valence-corrected chi connectivity index (χ1v) is 12.3. The number of aromatic carboxylic acids is 1. The van der Waals surface area contributed by atoms with Crippen molar-refractivity contribution in [2.75, 3.05) is 18.6 Å². The molecule has 4 rings (SSSR count). The summed E-state index contributed by atoms with van der Waals surface area (Å²) in [6.45, 7) is -0.0810. The Morgan fingerprint density at radius 2 is 1.71 bits per heavy atom. The number of thiocarbonyl (C=S) groups is 1. The van der Waals surface area contributed by atoms with E-state index in [4.69, 9.17) is 50.0 Å². The fraction of sp³-hybridized carbons (Fsp3) is 0.111. The average Bonchev–Trinajstić information content (AvgIpc) is 3.12. The van der Waals surface area contributed by atoms with E-state index in [0.29, 0.717) is 27.0 Å². The number of methoxy groups -OCH3 is 1. The Morgan fingerprint density at radius 1 is 1.03 bits per heavy atom. The van der Waals surface area contributed by atoms with E-state index in [0.717, 1.165) is 5.56 Å². The number of esters is 1. The SMILES string of the molecule is COC(=O)CN1C(=S)N(c2ccc(Cl)cc2)C(=O)/C1=C/c1ccc(OCc2ccc(C(=O)O)cc2)c(Cl)c1. The Bertz CT molecular complexity index is 1440. The maximum absolute atomic E-state index is 13.4. The Labute approximate surface area is 233 Å². The second-order valence-electron chi connectivity index (χ2n) is 8.07. The number of carboxylic acids is 1. The molecular formula is C27H20Cl2N2O6S. The number of carbonyl (C=O) groups excluding carboxylic acids is 2. The van der Waals surface area contributed by atoms with Crippen molar-refractivity contribution < 1.29 is 29.0 Å². The highest BCUT2D eigenvalue weighted by Crippen LogP contribution is 2.32. The van der Waals surface area contributed by atoms with E-state index in [9.17, 15) is 14.4 Å². The van der Waals surface area contributed by atoms with Gasteiger partial charge in [-0.2, -0.15) is 0 Å². The summed E-state index contributed by atoms with van der Waals surface area (Å²) in [6.07, 6.45) is 1.58. The molecule has 0 aromatic heterocycles. The van der Waals surface area contributed by atoms with Crippen LogP contribution in [0.4, 0.5) is 5.69 Å². The predicted octanol–water partition coefficient (Wildman–Crippen LogP) is 5.42. The van der Waals surface area contributed by atoms with E-state index < -0.39 is 17.8 Å². The van der Waals surface area contributed by atoms with Gasteiger partial charge in [-0.1, -0.05) is 41.4 Å². The highest BCUT2D eigenvalue weighted by Gasteiger charge is 2.40. The number of carbonyl (C=O) groups is 3. The molecule has 0 unspecified atom stereocenters. The van der Waals surface area contributed by atoms with Crippen LogP contribution in [0.15, 0.2) is 72.4 Å². The van der Waals surface area contributed by atoms with Crippen LogP contribution in [-0.2, 0) is 20.9 Å². The zero-order chi connectivity index (χ0) is 27.4. The summed E-state index contributed by atoms with van der Waals surface area (Å²) < 4.78 is 10.6. The van der Waals surface area contributed by atoms with E-state index in [-0.39, 0.29) is 29.5 Å². The maximum Gasteiger partial charge on any atom is 0.335 e. The summed E-state index contributed by atoms with van der Waals surface area (Å²) in [4.78, 5) is 39.2. The number of halogens is 2. The van der Waals surface area contributed by atoms with Gasteiger partial charge in [0, 0.05) is 5.02 Å². The van der Waals surface area contributed by atoms with E-state index in [1.165, 1.54) is 29.0 Å². The number of amides is 1. The number of hydrogen-bond donors (Lipinski definition) is 1. The normalized spacial score (nSPS) is 14.2. The quantitative estimate of drug-likeness (QED) is 0.218. The number of nitrogens with zero attached hydrogens (tertiary/aromatic N) is 2. The minimum absolute atomic E-state index is 0.119. The highest BCUT2D eigenvalue weighted by atomic mass is 35.5. The van der Waals surface area contributed by atoms with E-state index in [1.54, 1.807) is 60.7 Å². The van der Waals surface area contributed by atoms with Crippen LogP contribution in [0.3, 0.4) is 0 Å². The second-order valence-corrected chi connectivity index (χ2v) is 9.28. The molecule has 0 radical (unpaired) electrons. The number of anilines is 1. The zero-order valence-electron chi connectivity index (χ0n) is 19.9. The lowest BCUT2D eigenvalue weighted by molar-refractivity contribution is -0.140. The Kier molecular flexibility index (Phi) is 8.31. The van der Waals surface area contributed by atoms with Crippen LogP contribution in [0.25, 0.3) is 6.08 Å². The van der Waals surface area contributed by atoms with Gasteiger partial charge in [0.25, 0.3) is 5.91 Å². The molecule has 38 heavy (non-hydrogen) atoms. The van der Waals surface area contributed by atoms with Crippen molar-refractivity contribution in [2.24, 2.45) is 0 Å². The Balaban J connectivity index is 1.58. The van der Waals surface area contributed by atoms with Gasteiger partial charge >= 0.3 is 11.9 Å². The van der Waals surface area contributed by atoms with Gasteiger partial charge < -0.3 is 19.5 Å². The van der Waals surface area contributed by atoms with Gasteiger partial charge in [0.1, 0.15) is 24.6 Å². The molecule has 1 saturated heterocycles. The van der Waals surface area contributed by atoms with Crippen molar-refractivity contribution in [1.82, 2.24) is 4.90 Å². The molecule has 0 bridgehead atoms. The summed E-state index contributed by atoms with van der Waals surface area (Å²) in [5, 5.41) is 9.94. The largest absolute Gasteiger partial charge is 0.487 e. The van der Waals surface area contributed by atoms with Crippen LogP contribution in [0.2, 0.25) is 10.0 Å². The third-order valence-electron chi connectivity index (χ3n) is 5.59. The molecule has 3 aromatic rings. The van der Waals surface area contributed by atoms with Crippen molar-refractivity contribution in [3.05, 3.63) is 99.2 Å². The van der Waals surface area contributed by atoms with Gasteiger partial charge in [-0.25, -0.2) is 4.79 Å². The first-order valence-electron chi connectivity index (χ1n) is 11.1. The van der Waals surface area contributed by atoms with Crippen molar-refractivity contribution in [3.8, 4) is 5.75 Å². The molecule has 1 heterocycles. The number of rotatable bonds is 8. The third kappa shape index (κ3) is 5.96. The van der Waals surface area contributed by atoms with Crippen LogP contribution >= 0.6 is 35.4 Å². The Morgan fingerprint density at radius 3 is 2.32 bits per heavy atom. The van der Waals surface area contributed by atoms with Crippen molar-refractivity contribution in [2.45, 2.75) is 6.61 Å². The highest BCUT2D eigenvalue weighted by molar-refractivity contribution is 7.80. The molecule has 0 saturated carbocycles. The first-order chi connectivity index (χ1) is 18.2. The van der Waals surface area contributed by atoms with Gasteiger partial charge in [-0.3, -0.25) is 14.5 Å². The second kappa shape index (κ2) is 11.6. The molecule has 8 nitrogen and oxygen atoms in total. The Hall–Kier alpha value is -3.92. The number of carboxylic acid groups (broad SMARTS) is 1. The van der Waals surface area contributed by atoms with Gasteiger partial charge in [-0.05, 0) is 78.0 Å². The zero-order valence-corrected chi connectivity index (χ0v) is 22.2. The summed E-state index contributed by atoms with van der Waals surface area (Å²) >= 11 is 18.0.